The summed E-state index contributed by atoms with van der Waals surface area (Å²) < 4.78 is 0. The lowest BCUT2D eigenvalue weighted by atomic mass is 9.92. The van der Waals surface area contributed by atoms with Crippen LogP contribution in [0.2, 0.25) is 0 Å². The standard InChI is InChI=1S/C15H14O.C13H14O.C2H6/c1-4-11-6-5-7-12-8-13(16)9-14(10(2)3)15(11)12;1-9(2)13-8-11(14)7-10-5-3-4-6-12(10)13;1-2/h1,5-10,16H,2-3H3;3-9,14H,1-2H3;1-2H3. The molecule has 2 heteroatoms. The third kappa shape index (κ3) is 5.62. The predicted molar refractivity (Wildman–Crippen MR) is 139 cm³/mol. The van der Waals surface area contributed by atoms with Crippen LogP contribution in [0.25, 0.3) is 21.5 Å². The zero-order chi connectivity index (χ0) is 23.8. The van der Waals surface area contributed by atoms with Gasteiger partial charge in [-0.2, -0.15) is 0 Å². The average Bonchev–Trinajstić information content (AvgIpc) is 2.78. The van der Waals surface area contributed by atoms with Crippen LogP contribution in [0, 0.1) is 12.3 Å². The van der Waals surface area contributed by atoms with Crippen molar-refractivity contribution in [3.63, 3.8) is 0 Å². The SMILES string of the molecule is C#Cc1cccc2cc(O)cc(C(C)C)c12.CC.CC(C)c1cc(O)cc2ccccc12. The molecule has 0 saturated carbocycles. The molecule has 0 unspecified atom stereocenters. The van der Waals surface area contributed by atoms with E-state index in [1.54, 1.807) is 18.2 Å². The zero-order valence-electron chi connectivity index (χ0n) is 20.0. The van der Waals surface area contributed by atoms with E-state index in [9.17, 15) is 10.2 Å². The number of benzene rings is 4. The molecular weight excluding hydrogens is 392 g/mol. The molecule has 2 nitrogen and oxygen atoms in total. The van der Waals surface area contributed by atoms with Gasteiger partial charge in [0.2, 0.25) is 0 Å². The molecule has 0 radical (unpaired) electrons. The number of rotatable bonds is 2. The van der Waals surface area contributed by atoms with Gasteiger partial charge in [-0.25, -0.2) is 0 Å². The quantitative estimate of drug-likeness (QED) is 0.316. The first kappa shape index (κ1) is 24.8. The Kier molecular flexibility index (Phi) is 8.73. The van der Waals surface area contributed by atoms with Crippen molar-refractivity contribution >= 4 is 21.5 Å². The molecule has 0 saturated heterocycles. The van der Waals surface area contributed by atoms with Crippen LogP contribution >= 0.6 is 0 Å². The van der Waals surface area contributed by atoms with Gasteiger partial charge in [0, 0.05) is 10.9 Å². The molecule has 32 heavy (non-hydrogen) atoms. The monoisotopic (exact) mass is 426 g/mol. The molecule has 166 valence electrons. The third-order valence-corrected chi connectivity index (χ3v) is 5.27. The number of terminal acetylenes is 1. The summed E-state index contributed by atoms with van der Waals surface area (Å²) in [6, 6.07) is 21.2. The minimum atomic E-state index is 0.297. The van der Waals surface area contributed by atoms with E-state index in [-0.39, 0.29) is 0 Å². The van der Waals surface area contributed by atoms with E-state index in [1.807, 2.05) is 56.3 Å². The maximum atomic E-state index is 9.67. The van der Waals surface area contributed by atoms with Crippen molar-refractivity contribution in [3.05, 3.63) is 83.4 Å². The van der Waals surface area contributed by atoms with Gasteiger partial charge in [0.05, 0.1) is 0 Å². The van der Waals surface area contributed by atoms with E-state index >= 15 is 0 Å². The summed E-state index contributed by atoms with van der Waals surface area (Å²) in [5.74, 6) is 4.13. The molecule has 4 aromatic carbocycles. The molecular formula is C30H34O2. The molecule has 0 amide bonds. The molecule has 0 heterocycles. The first-order valence-corrected chi connectivity index (χ1v) is 11.3. The van der Waals surface area contributed by atoms with Crippen LogP contribution in [0.4, 0.5) is 0 Å². The first-order valence-electron chi connectivity index (χ1n) is 11.3. The molecule has 0 spiro atoms. The van der Waals surface area contributed by atoms with Crippen molar-refractivity contribution < 1.29 is 10.2 Å². The average molecular weight is 427 g/mol. The molecule has 4 rings (SSSR count). The van der Waals surface area contributed by atoms with Gasteiger partial charge in [0.15, 0.2) is 0 Å². The van der Waals surface area contributed by atoms with Crippen molar-refractivity contribution in [1.29, 1.82) is 0 Å². The zero-order valence-corrected chi connectivity index (χ0v) is 20.0. The van der Waals surface area contributed by atoms with E-state index in [1.165, 1.54) is 10.9 Å². The highest BCUT2D eigenvalue weighted by atomic mass is 16.3. The molecule has 0 fully saturated rings. The Balaban J connectivity index is 0.000000212. The number of aromatic hydroxyl groups is 2. The number of phenolic OH excluding ortho intramolecular Hbond substituents is 2. The molecule has 0 atom stereocenters. The highest BCUT2D eigenvalue weighted by Crippen LogP contribution is 2.32. The van der Waals surface area contributed by atoms with E-state index in [0.29, 0.717) is 23.3 Å². The van der Waals surface area contributed by atoms with Gasteiger partial charge in [-0.05, 0) is 69.5 Å². The second-order valence-electron chi connectivity index (χ2n) is 8.15. The second-order valence-corrected chi connectivity index (χ2v) is 8.15. The fourth-order valence-electron chi connectivity index (χ4n) is 3.82. The van der Waals surface area contributed by atoms with E-state index in [2.05, 4.69) is 39.7 Å². The first-order chi connectivity index (χ1) is 15.3. The van der Waals surface area contributed by atoms with Gasteiger partial charge in [-0.1, -0.05) is 83.9 Å². The van der Waals surface area contributed by atoms with Crippen molar-refractivity contribution in [2.24, 2.45) is 0 Å². The van der Waals surface area contributed by atoms with Crippen LogP contribution in [0.1, 0.15) is 70.1 Å². The minimum absolute atomic E-state index is 0.297. The van der Waals surface area contributed by atoms with Crippen LogP contribution < -0.4 is 0 Å². The Morgan fingerprint density at radius 2 is 1.22 bits per heavy atom. The van der Waals surface area contributed by atoms with Gasteiger partial charge >= 0.3 is 0 Å². The molecule has 2 N–H and O–H groups in total. The van der Waals surface area contributed by atoms with Gasteiger partial charge < -0.3 is 10.2 Å². The van der Waals surface area contributed by atoms with E-state index < -0.39 is 0 Å². The summed E-state index contributed by atoms with van der Waals surface area (Å²) in [5, 5.41) is 23.7. The lowest BCUT2D eigenvalue weighted by Gasteiger charge is -2.12. The van der Waals surface area contributed by atoms with Crippen molar-refractivity contribution in [2.45, 2.75) is 53.4 Å². The maximum absolute atomic E-state index is 9.67. The number of fused-ring (bicyclic) bond motifs is 2. The topological polar surface area (TPSA) is 40.5 Å². The van der Waals surface area contributed by atoms with E-state index in [4.69, 9.17) is 6.42 Å². The molecule has 4 aromatic rings. The summed E-state index contributed by atoms with van der Waals surface area (Å²) in [6.45, 7) is 12.5. The Morgan fingerprint density at radius 1 is 0.688 bits per heavy atom. The fraction of sp³-hybridized carbons (Fsp3) is 0.267. The summed E-state index contributed by atoms with van der Waals surface area (Å²) in [4.78, 5) is 0. The largest absolute Gasteiger partial charge is 0.508 e. The van der Waals surface area contributed by atoms with Gasteiger partial charge in [-0.3, -0.25) is 0 Å². The predicted octanol–water partition coefficient (Wildman–Crippen LogP) is 8.35. The third-order valence-electron chi connectivity index (χ3n) is 5.27. The van der Waals surface area contributed by atoms with Gasteiger partial charge in [0.1, 0.15) is 11.5 Å². The molecule has 0 aromatic heterocycles. The lowest BCUT2D eigenvalue weighted by Crippen LogP contribution is -1.92. The Morgan fingerprint density at radius 3 is 1.81 bits per heavy atom. The van der Waals surface area contributed by atoms with Crippen molar-refractivity contribution in [1.82, 2.24) is 0 Å². The summed E-state index contributed by atoms with van der Waals surface area (Å²) >= 11 is 0. The van der Waals surface area contributed by atoms with Crippen LogP contribution in [0.15, 0.2) is 66.7 Å². The van der Waals surface area contributed by atoms with Crippen molar-refractivity contribution in [2.75, 3.05) is 0 Å². The summed E-state index contributed by atoms with van der Waals surface area (Å²) in [6.07, 6.45) is 5.51. The highest BCUT2D eigenvalue weighted by Gasteiger charge is 2.10. The smallest absolute Gasteiger partial charge is 0.116 e. The molecule has 0 bridgehead atoms. The molecule has 0 aliphatic rings. The Bertz CT molecular complexity index is 1230. The lowest BCUT2D eigenvalue weighted by molar-refractivity contribution is 0.474. The number of phenols is 2. The Hall–Kier alpha value is -3.44. The number of hydrogen-bond acceptors (Lipinski definition) is 2. The minimum Gasteiger partial charge on any atom is -0.508 e. The fourth-order valence-corrected chi connectivity index (χ4v) is 3.82. The summed E-state index contributed by atoms with van der Waals surface area (Å²) in [5.41, 5.74) is 3.20. The van der Waals surface area contributed by atoms with Gasteiger partial charge in [0.25, 0.3) is 0 Å². The highest BCUT2D eigenvalue weighted by molar-refractivity contribution is 5.92. The van der Waals surface area contributed by atoms with Crippen LogP contribution in [-0.4, -0.2) is 10.2 Å². The number of hydrogen-bond donors (Lipinski definition) is 2. The van der Waals surface area contributed by atoms with E-state index in [0.717, 1.165) is 27.3 Å². The maximum Gasteiger partial charge on any atom is 0.116 e. The van der Waals surface area contributed by atoms with Crippen LogP contribution in [-0.2, 0) is 0 Å². The molecule has 0 aliphatic heterocycles. The van der Waals surface area contributed by atoms with Gasteiger partial charge in [-0.15, -0.1) is 6.42 Å². The second kappa shape index (κ2) is 11.3. The molecule has 0 aliphatic carbocycles. The van der Waals surface area contributed by atoms with Crippen molar-refractivity contribution in [3.8, 4) is 23.8 Å². The van der Waals surface area contributed by atoms with Crippen LogP contribution in [0.3, 0.4) is 0 Å². The normalized spacial score (nSPS) is 10.3. The Labute approximate surface area is 192 Å². The van der Waals surface area contributed by atoms with Crippen LogP contribution in [0.5, 0.6) is 11.5 Å². The summed E-state index contributed by atoms with van der Waals surface area (Å²) in [7, 11) is 0.